The predicted molar refractivity (Wildman–Crippen MR) is 202 cm³/mol. The van der Waals surface area contributed by atoms with E-state index < -0.39 is 86.0 Å². The maximum absolute atomic E-state index is 11.6. The van der Waals surface area contributed by atoms with Gasteiger partial charge in [0.2, 0.25) is 0 Å². The number of carbonyl (C=O) groups is 7. The maximum Gasteiger partial charge on any atom is 0.506 e. The van der Waals surface area contributed by atoms with Crippen molar-refractivity contribution in [3.05, 3.63) is 71.8 Å². The van der Waals surface area contributed by atoms with Crippen LogP contribution in [0.2, 0.25) is 0 Å². The van der Waals surface area contributed by atoms with E-state index in [0.29, 0.717) is 0 Å². The minimum atomic E-state index is -4.59. The molecule has 2 aromatic carbocycles. The first kappa shape index (κ1) is 59.8. The number of esters is 3. The van der Waals surface area contributed by atoms with Gasteiger partial charge in [0.1, 0.15) is 37.9 Å². The highest BCUT2D eigenvalue weighted by molar-refractivity contribution is 5.81. The number of nitrogens with one attached hydrogen (secondary N) is 3. The molecule has 0 heterocycles. The normalized spacial score (nSPS) is 11.5. The summed E-state index contributed by atoms with van der Waals surface area (Å²) in [7, 11) is 0. The highest BCUT2D eigenvalue weighted by Gasteiger charge is 2.30. The smallest absolute Gasteiger partial charge is 0.465 e. The standard InChI is InChI=1S/C13H17NO4.C8H12F3NO4.C8H8O3.C6H11NO4.C2H3F3O/c1-3-17-12(15)10(2)14-13(16)18-9-11-7-5-4-6-8-11;1-3-15-6(13)5(2)12-7(14)16-4-8(9,10)11;9-8(10)11-6-7-4-2-1-3-5-7;1-3-11-5(8)4(2)7-6(9)10;3-2(4,5)1-6/h4-8,10H,3,9H2,1-2H3,(H,14,16);5H,3-4H2,1-2H3,(H,12,14);1-5H,6H2,(H,9,10);4,7H,3H2,1-2H3,(H,9,10);6H,1H2. The molecule has 0 bridgehead atoms. The number of carboxylic acid groups (broad SMARTS) is 2. The molecule has 0 aliphatic heterocycles. The van der Waals surface area contributed by atoms with Crippen molar-refractivity contribution in [1.82, 2.24) is 16.0 Å². The first-order valence-corrected chi connectivity index (χ1v) is 17.9. The molecule has 0 saturated carbocycles. The highest BCUT2D eigenvalue weighted by atomic mass is 19.4. The molecule has 25 heteroatoms. The third kappa shape index (κ3) is 39.0. The first-order valence-electron chi connectivity index (χ1n) is 17.9. The number of benzene rings is 2. The molecule has 0 radical (unpaired) electrons. The van der Waals surface area contributed by atoms with Gasteiger partial charge in [-0.3, -0.25) is 0 Å². The van der Waals surface area contributed by atoms with Crippen molar-refractivity contribution < 1.29 is 104 Å². The van der Waals surface area contributed by atoms with Crippen LogP contribution in [0.15, 0.2) is 60.7 Å². The van der Waals surface area contributed by atoms with Crippen LogP contribution in [-0.2, 0) is 56.0 Å². The molecule has 0 fully saturated rings. The number of aliphatic hydroxyl groups excluding tert-OH is 1. The van der Waals surface area contributed by atoms with Gasteiger partial charge >= 0.3 is 54.7 Å². The average molecular weight is 908 g/mol. The van der Waals surface area contributed by atoms with Gasteiger partial charge in [0.25, 0.3) is 0 Å². The number of alkyl carbamates (subject to hydrolysis) is 2. The summed E-state index contributed by atoms with van der Waals surface area (Å²) in [4.78, 5) is 75.1. The Labute approximate surface area is 351 Å². The van der Waals surface area contributed by atoms with E-state index in [1.165, 1.54) is 13.8 Å². The quantitative estimate of drug-likeness (QED) is 0.0752. The Kier molecular flexibility index (Phi) is 33.0. The summed E-state index contributed by atoms with van der Waals surface area (Å²) in [6, 6.07) is 15.9. The molecule has 2 aromatic rings. The van der Waals surface area contributed by atoms with Gasteiger partial charge in [0.15, 0.2) is 6.61 Å². The summed E-state index contributed by atoms with van der Waals surface area (Å²) >= 11 is 0. The van der Waals surface area contributed by atoms with Gasteiger partial charge in [-0.1, -0.05) is 60.7 Å². The molecule has 6 N–H and O–H groups in total. The molecule has 19 nitrogen and oxygen atoms in total. The Bertz CT molecular complexity index is 1590. The third-order valence-electron chi connectivity index (χ3n) is 5.89. The monoisotopic (exact) mass is 907 g/mol. The van der Waals surface area contributed by atoms with Gasteiger partial charge in [-0.25, -0.2) is 33.6 Å². The summed E-state index contributed by atoms with van der Waals surface area (Å²) in [6.45, 7) is 6.67. The first-order chi connectivity index (χ1) is 28.8. The number of ether oxygens (including phenoxy) is 6. The lowest BCUT2D eigenvalue weighted by atomic mass is 10.2. The second-order valence-corrected chi connectivity index (χ2v) is 11.2. The Hall–Kier alpha value is -6.53. The van der Waals surface area contributed by atoms with Crippen LogP contribution in [-0.4, -0.2) is 121 Å². The molecule has 0 aromatic heterocycles. The molecular weight excluding hydrogens is 856 g/mol. The van der Waals surface area contributed by atoms with E-state index in [2.05, 4.69) is 24.3 Å². The molecular formula is C37H51F6N3O16. The molecule has 0 aliphatic rings. The molecule has 3 amide bonds. The Balaban J connectivity index is -0.000000729. The van der Waals surface area contributed by atoms with Crippen LogP contribution < -0.4 is 16.0 Å². The van der Waals surface area contributed by atoms with Gasteiger partial charge in [-0.2, -0.15) is 26.3 Å². The van der Waals surface area contributed by atoms with Crippen LogP contribution >= 0.6 is 0 Å². The molecule has 62 heavy (non-hydrogen) atoms. The summed E-state index contributed by atoms with van der Waals surface area (Å²) in [5.41, 5.74) is 1.74. The zero-order valence-corrected chi connectivity index (χ0v) is 34.4. The highest BCUT2D eigenvalue weighted by Crippen LogP contribution is 2.14. The lowest BCUT2D eigenvalue weighted by Gasteiger charge is -2.13. The van der Waals surface area contributed by atoms with E-state index in [1.807, 2.05) is 71.3 Å². The van der Waals surface area contributed by atoms with Crippen molar-refractivity contribution in [2.75, 3.05) is 33.0 Å². The SMILES string of the molecule is CCOC(=O)C(C)NC(=O)O.CCOC(=O)C(C)NC(=O)OCC(F)(F)F.CCOC(=O)C(C)NC(=O)OCc1ccccc1.O=C(O)OCc1ccccc1.OCC(F)(F)F. The van der Waals surface area contributed by atoms with Gasteiger partial charge < -0.3 is 59.7 Å². The second kappa shape index (κ2) is 34.2. The van der Waals surface area contributed by atoms with Crippen molar-refractivity contribution >= 4 is 42.3 Å². The van der Waals surface area contributed by atoms with E-state index in [4.69, 9.17) is 24.8 Å². The topological polar surface area (TPSA) is 272 Å². The van der Waals surface area contributed by atoms with Crippen molar-refractivity contribution in [3.8, 4) is 0 Å². The van der Waals surface area contributed by atoms with E-state index >= 15 is 0 Å². The minimum Gasteiger partial charge on any atom is -0.465 e. The van der Waals surface area contributed by atoms with Crippen molar-refractivity contribution in [1.29, 1.82) is 0 Å². The predicted octanol–water partition coefficient (Wildman–Crippen LogP) is 5.72. The number of amides is 3. The molecule has 0 spiro atoms. The zero-order valence-electron chi connectivity index (χ0n) is 34.4. The average Bonchev–Trinajstić information content (AvgIpc) is 3.19. The number of aliphatic hydroxyl groups is 1. The second-order valence-electron chi connectivity index (χ2n) is 11.2. The summed E-state index contributed by atoms with van der Waals surface area (Å²) < 4.78 is 93.5. The van der Waals surface area contributed by atoms with Crippen LogP contribution in [0.4, 0.5) is 45.5 Å². The lowest BCUT2D eigenvalue weighted by molar-refractivity contribution is -0.161. The molecule has 2 rings (SSSR count). The largest absolute Gasteiger partial charge is 0.506 e. The Morgan fingerprint density at radius 2 is 0.855 bits per heavy atom. The molecule has 3 unspecified atom stereocenters. The lowest BCUT2D eigenvalue weighted by Crippen LogP contribution is -2.40. The minimum absolute atomic E-state index is 0.114. The third-order valence-corrected chi connectivity index (χ3v) is 5.89. The van der Waals surface area contributed by atoms with Crippen molar-refractivity contribution in [2.45, 2.75) is 85.2 Å². The number of carbonyl (C=O) groups excluding carboxylic acids is 5. The van der Waals surface area contributed by atoms with Gasteiger partial charge in [-0.15, -0.1) is 0 Å². The molecule has 0 saturated heterocycles. The number of hydrogen-bond donors (Lipinski definition) is 6. The van der Waals surface area contributed by atoms with Crippen LogP contribution in [0.25, 0.3) is 0 Å². The molecule has 0 aliphatic carbocycles. The Morgan fingerprint density at radius 1 is 0.532 bits per heavy atom. The van der Waals surface area contributed by atoms with E-state index in [-0.39, 0.29) is 33.0 Å². The maximum atomic E-state index is 11.6. The summed E-state index contributed by atoms with van der Waals surface area (Å²) in [5.74, 6) is -1.78. The fourth-order valence-corrected chi connectivity index (χ4v) is 3.19. The van der Waals surface area contributed by atoms with Crippen molar-refractivity contribution in [2.24, 2.45) is 0 Å². The number of alkyl halides is 6. The van der Waals surface area contributed by atoms with Gasteiger partial charge in [0, 0.05) is 0 Å². The molecule has 352 valence electrons. The van der Waals surface area contributed by atoms with Crippen molar-refractivity contribution in [3.63, 3.8) is 0 Å². The fourth-order valence-electron chi connectivity index (χ4n) is 3.19. The van der Waals surface area contributed by atoms with Gasteiger partial charge in [0.05, 0.1) is 19.8 Å². The van der Waals surface area contributed by atoms with Crippen LogP contribution in [0.3, 0.4) is 0 Å². The number of hydrogen-bond acceptors (Lipinski definition) is 14. The van der Waals surface area contributed by atoms with E-state index in [0.717, 1.165) is 11.1 Å². The van der Waals surface area contributed by atoms with E-state index in [1.54, 1.807) is 27.7 Å². The fraction of sp³-hybridized carbons (Fsp3) is 0.486. The van der Waals surface area contributed by atoms with Crippen LogP contribution in [0.5, 0.6) is 0 Å². The zero-order chi connectivity index (χ0) is 48.3. The van der Waals surface area contributed by atoms with Crippen LogP contribution in [0.1, 0.15) is 52.7 Å². The summed E-state index contributed by atoms with van der Waals surface area (Å²) in [6.07, 6.45) is -13.4. The molecule has 3 atom stereocenters. The number of rotatable bonds is 14. The Morgan fingerprint density at radius 3 is 1.15 bits per heavy atom. The summed E-state index contributed by atoms with van der Waals surface area (Å²) in [5, 5.41) is 29.9. The number of halogens is 6. The van der Waals surface area contributed by atoms with Crippen LogP contribution in [0, 0.1) is 0 Å². The van der Waals surface area contributed by atoms with E-state index in [9.17, 15) is 59.9 Å². The van der Waals surface area contributed by atoms with Gasteiger partial charge in [-0.05, 0) is 52.7 Å².